The maximum atomic E-state index is 6.66. The van der Waals surface area contributed by atoms with Crippen LogP contribution in [0.4, 0.5) is 0 Å². The highest BCUT2D eigenvalue weighted by Crippen LogP contribution is 2.47. The molecular formula is C33H30N2O2. The van der Waals surface area contributed by atoms with Gasteiger partial charge in [0.05, 0.1) is 0 Å². The van der Waals surface area contributed by atoms with Crippen molar-refractivity contribution in [2.45, 2.75) is 38.1 Å². The molecule has 0 N–H and O–H groups in total. The molecule has 4 aromatic rings. The standard InChI is InChI=1S/C33H30N2O2/c1-33(2,31-34-27(23-15-7-3-8-16-23)29(36-31)25-19-11-5-12-20-25)32-35-28(24-17-9-4-10-18-24)30(37-32)26-21-13-6-14-22-26/h3-22,27-30H,1-2H3/t27-,28-,29?,30?/m1/s1. The van der Waals surface area contributed by atoms with Gasteiger partial charge in [-0.15, -0.1) is 0 Å². The second-order valence-corrected chi connectivity index (χ2v) is 10.1. The van der Waals surface area contributed by atoms with Gasteiger partial charge >= 0.3 is 0 Å². The summed E-state index contributed by atoms with van der Waals surface area (Å²) < 4.78 is 13.3. The number of ether oxygens (including phenoxy) is 2. The molecule has 2 aliphatic rings. The minimum atomic E-state index is -0.646. The molecule has 0 spiro atoms. The molecule has 6 rings (SSSR count). The Labute approximate surface area is 218 Å². The van der Waals surface area contributed by atoms with Crippen molar-refractivity contribution in [3.05, 3.63) is 144 Å². The van der Waals surface area contributed by atoms with Gasteiger partial charge in [0.25, 0.3) is 0 Å². The van der Waals surface area contributed by atoms with E-state index in [0.29, 0.717) is 11.8 Å². The van der Waals surface area contributed by atoms with E-state index >= 15 is 0 Å². The Balaban J connectivity index is 1.37. The molecule has 2 heterocycles. The van der Waals surface area contributed by atoms with E-state index in [2.05, 4.69) is 86.6 Å². The number of rotatable bonds is 6. The van der Waals surface area contributed by atoms with E-state index in [9.17, 15) is 0 Å². The van der Waals surface area contributed by atoms with Crippen molar-refractivity contribution < 1.29 is 9.47 Å². The summed E-state index contributed by atoms with van der Waals surface area (Å²) in [5, 5.41) is 0. The van der Waals surface area contributed by atoms with Crippen molar-refractivity contribution in [1.29, 1.82) is 0 Å². The summed E-state index contributed by atoms with van der Waals surface area (Å²) >= 11 is 0. The van der Waals surface area contributed by atoms with Crippen LogP contribution in [0.1, 0.15) is 60.4 Å². The van der Waals surface area contributed by atoms with Crippen LogP contribution in [0, 0.1) is 5.41 Å². The van der Waals surface area contributed by atoms with Gasteiger partial charge in [-0.3, -0.25) is 0 Å². The normalized spacial score (nSPS) is 23.1. The number of nitrogens with zero attached hydrogens (tertiary/aromatic N) is 2. The van der Waals surface area contributed by atoms with Crippen molar-refractivity contribution in [2.24, 2.45) is 15.4 Å². The zero-order valence-electron chi connectivity index (χ0n) is 21.1. The predicted octanol–water partition coefficient (Wildman–Crippen LogP) is 7.84. The van der Waals surface area contributed by atoms with Crippen molar-refractivity contribution in [3.63, 3.8) is 0 Å². The third-order valence-corrected chi connectivity index (χ3v) is 7.17. The topological polar surface area (TPSA) is 43.2 Å². The van der Waals surface area contributed by atoms with Crippen LogP contribution >= 0.6 is 0 Å². The van der Waals surface area contributed by atoms with Crippen LogP contribution in [0.25, 0.3) is 0 Å². The molecule has 2 aliphatic heterocycles. The van der Waals surface area contributed by atoms with Crippen molar-refractivity contribution in [1.82, 2.24) is 0 Å². The summed E-state index contributed by atoms with van der Waals surface area (Å²) in [7, 11) is 0. The molecule has 0 saturated heterocycles. The third-order valence-electron chi connectivity index (χ3n) is 7.17. The Hall–Kier alpha value is -4.18. The number of aliphatic imine (C=N–C) groups is 2. The van der Waals surface area contributed by atoms with Gasteiger partial charge in [-0.2, -0.15) is 0 Å². The van der Waals surface area contributed by atoms with Crippen LogP contribution in [0.5, 0.6) is 0 Å². The monoisotopic (exact) mass is 486 g/mol. The van der Waals surface area contributed by atoms with Gasteiger partial charge in [-0.1, -0.05) is 121 Å². The molecule has 4 aromatic carbocycles. The van der Waals surface area contributed by atoms with E-state index in [1.807, 2.05) is 48.5 Å². The molecule has 0 amide bonds. The fourth-order valence-corrected chi connectivity index (χ4v) is 5.11. The third kappa shape index (κ3) is 4.44. The Morgan fingerprint density at radius 2 is 0.757 bits per heavy atom. The van der Waals surface area contributed by atoms with Gasteiger partial charge < -0.3 is 9.47 Å². The van der Waals surface area contributed by atoms with Gasteiger partial charge in [-0.25, -0.2) is 9.98 Å². The largest absolute Gasteiger partial charge is 0.469 e. The highest BCUT2D eigenvalue weighted by molar-refractivity contribution is 6.05. The average molecular weight is 487 g/mol. The lowest BCUT2D eigenvalue weighted by Gasteiger charge is -2.26. The van der Waals surface area contributed by atoms with Crippen LogP contribution in [-0.4, -0.2) is 11.8 Å². The van der Waals surface area contributed by atoms with Crippen LogP contribution in [0.15, 0.2) is 131 Å². The maximum absolute atomic E-state index is 6.66. The van der Waals surface area contributed by atoms with Crippen LogP contribution in [-0.2, 0) is 9.47 Å². The highest BCUT2D eigenvalue weighted by Gasteiger charge is 2.47. The fraction of sp³-hybridized carbons (Fsp3) is 0.212. The minimum absolute atomic E-state index is 0.144. The lowest BCUT2D eigenvalue weighted by Crippen LogP contribution is -2.34. The molecule has 37 heavy (non-hydrogen) atoms. The highest BCUT2D eigenvalue weighted by atomic mass is 16.5. The molecule has 0 bridgehead atoms. The molecule has 0 fully saturated rings. The molecule has 4 atom stereocenters. The Kier molecular flexibility index (Phi) is 6.09. The van der Waals surface area contributed by atoms with Gasteiger partial charge in [0.1, 0.15) is 17.5 Å². The van der Waals surface area contributed by atoms with Gasteiger partial charge in [0.2, 0.25) is 0 Å². The SMILES string of the molecule is CC(C)(C1=N[C@H](c2ccccc2)C(c2ccccc2)O1)C1=N[C@H](c2ccccc2)C(c2ccccc2)O1. The van der Waals surface area contributed by atoms with Gasteiger partial charge in [-0.05, 0) is 36.1 Å². The molecular weight excluding hydrogens is 456 g/mol. The van der Waals surface area contributed by atoms with E-state index in [0.717, 1.165) is 22.3 Å². The van der Waals surface area contributed by atoms with E-state index in [4.69, 9.17) is 19.5 Å². The number of hydrogen-bond acceptors (Lipinski definition) is 4. The molecule has 0 saturated carbocycles. The molecule has 4 heteroatoms. The second-order valence-electron chi connectivity index (χ2n) is 10.1. The van der Waals surface area contributed by atoms with Crippen LogP contribution in [0.2, 0.25) is 0 Å². The number of hydrogen-bond donors (Lipinski definition) is 0. The summed E-state index contributed by atoms with van der Waals surface area (Å²) in [5.41, 5.74) is 3.81. The molecule has 0 aromatic heterocycles. The quantitative estimate of drug-likeness (QED) is 0.279. The maximum Gasteiger partial charge on any atom is 0.200 e. The minimum Gasteiger partial charge on any atom is -0.469 e. The van der Waals surface area contributed by atoms with E-state index in [-0.39, 0.29) is 24.3 Å². The first-order valence-electron chi connectivity index (χ1n) is 12.8. The smallest absolute Gasteiger partial charge is 0.200 e. The first-order valence-corrected chi connectivity index (χ1v) is 12.8. The van der Waals surface area contributed by atoms with Crippen molar-refractivity contribution in [3.8, 4) is 0 Å². The Bertz CT molecular complexity index is 1290. The fourth-order valence-electron chi connectivity index (χ4n) is 5.11. The summed E-state index contributed by atoms with van der Waals surface area (Å²) in [6.07, 6.45) is -0.426. The number of benzene rings is 4. The van der Waals surface area contributed by atoms with E-state index in [1.165, 1.54) is 0 Å². The molecule has 0 aliphatic carbocycles. The molecule has 184 valence electrons. The van der Waals surface area contributed by atoms with E-state index in [1.54, 1.807) is 0 Å². The summed E-state index contributed by atoms with van der Waals surface area (Å²) in [4.78, 5) is 10.3. The lowest BCUT2D eigenvalue weighted by molar-refractivity contribution is 0.162. The summed E-state index contributed by atoms with van der Waals surface area (Å²) in [5.74, 6) is 1.30. The first kappa shape index (κ1) is 23.2. The zero-order valence-corrected chi connectivity index (χ0v) is 21.1. The van der Waals surface area contributed by atoms with Gasteiger partial charge in [0, 0.05) is 0 Å². The second kappa shape index (κ2) is 9.70. The first-order chi connectivity index (χ1) is 18.1. The van der Waals surface area contributed by atoms with Crippen molar-refractivity contribution >= 4 is 11.8 Å². The van der Waals surface area contributed by atoms with Gasteiger partial charge in [0.15, 0.2) is 24.0 Å². The van der Waals surface area contributed by atoms with E-state index < -0.39 is 5.41 Å². The van der Waals surface area contributed by atoms with Crippen molar-refractivity contribution in [2.75, 3.05) is 0 Å². The Morgan fingerprint density at radius 1 is 0.459 bits per heavy atom. The predicted molar refractivity (Wildman–Crippen MR) is 148 cm³/mol. The summed E-state index contributed by atoms with van der Waals surface area (Å²) in [6, 6.07) is 41.1. The van der Waals surface area contributed by atoms with Crippen LogP contribution in [0.3, 0.4) is 0 Å². The Morgan fingerprint density at radius 3 is 1.08 bits per heavy atom. The summed E-state index contributed by atoms with van der Waals surface area (Å²) in [6.45, 7) is 4.19. The molecule has 2 unspecified atom stereocenters. The molecule has 4 nitrogen and oxygen atoms in total. The lowest BCUT2D eigenvalue weighted by atomic mass is 9.93. The zero-order chi connectivity index (χ0) is 25.2. The molecule has 0 radical (unpaired) electrons. The average Bonchev–Trinajstić information content (AvgIpc) is 3.62. The van der Waals surface area contributed by atoms with Crippen LogP contribution < -0.4 is 0 Å².